The monoisotopic (exact) mass is 426 g/mol. The van der Waals surface area contributed by atoms with Gasteiger partial charge in [0.25, 0.3) is 0 Å². The predicted molar refractivity (Wildman–Crippen MR) is 130 cm³/mol. The Labute approximate surface area is 190 Å². The third kappa shape index (κ3) is 5.22. The summed E-state index contributed by atoms with van der Waals surface area (Å²) in [6.45, 7) is 9.01. The highest BCUT2D eigenvalue weighted by molar-refractivity contribution is 5.92. The molecule has 0 spiro atoms. The van der Waals surface area contributed by atoms with Gasteiger partial charge in [0.05, 0.1) is 0 Å². The molecule has 1 saturated heterocycles. The van der Waals surface area contributed by atoms with E-state index in [0.717, 1.165) is 42.4 Å². The Morgan fingerprint density at radius 3 is 2.28 bits per heavy atom. The summed E-state index contributed by atoms with van der Waals surface area (Å²) in [6.07, 6.45) is 4.36. The van der Waals surface area contributed by atoms with Gasteiger partial charge in [-0.05, 0) is 38.0 Å². The number of carbonyl (C=O) groups is 1. The van der Waals surface area contributed by atoms with Crippen molar-refractivity contribution in [3.63, 3.8) is 0 Å². The van der Waals surface area contributed by atoms with Crippen LogP contribution in [0.1, 0.15) is 33.8 Å². The molecule has 0 radical (unpaired) electrons. The highest BCUT2D eigenvalue weighted by atomic mass is 16.2. The van der Waals surface area contributed by atoms with E-state index >= 15 is 0 Å². The lowest BCUT2D eigenvalue weighted by atomic mass is 10.0. The zero-order chi connectivity index (χ0) is 22.5. The molecular formula is C27H30N4O. The molecular weight excluding hydrogens is 396 g/mol. The Morgan fingerprint density at radius 1 is 0.906 bits per heavy atom. The number of aromatic nitrogens is 2. The molecule has 0 saturated carbocycles. The van der Waals surface area contributed by atoms with Gasteiger partial charge in [0.2, 0.25) is 5.91 Å². The number of hydrogen-bond acceptors (Lipinski definition) is 4. The Hall–Kier alpha value is -3.47. The second-order valence-electron chi connectivity index (χ2n) is 8.38. The molecule has 0 bridgehead atoms. The summed E-state index contributed by atoms with van der Waals surface area (Å²) in [5, 5.41) is 0. The van der Waals surface area contributed by atoms with Gasteiger partial charge in [0.15, 0.2) is 0 Å². The van der Waals surface area contributed by atoms with Crippen molar-refractivity contribution >= 4 is 17.8 Å². The molecule has 1 aliphatic rings. The van der Waals surface area contributed by atoms with Gasteiger partial charge in [-0.3, -0.25) is 4.79 Å². The SMILES string of the molecule is Cc1ccc(Cc2c(C)nc(C)nc2N2CCN(C(=O)/C=C/c3ccccc3)CC2)cc1. The summed E-state index contributed by atoms with van der Waals surface area (Å²) in [6, 6.07) is 18.6. The molecule has 0 aliphatic carbocycles. The number of rotatable bonds is 5. The van der Waals surface area contributed by atoms with Gasteiger partial charge in [0, 0.05) is 49.9 Å². The number of anilines is 1. The summed E-state index contributed by atoms with van der Waals surface area (Å²) in [5.41, 5.74) is 5.74. The standard InChI is InChI=1S/C27H30N4O/c1-20-9-11-24(12-10-20)19-25-21(2)28-22(3)29-27(25)31-17-15-30(16-18-31)26(32)14-13-23-7-5-4-6-8-23/h4-14H,15-19H2,1-3H3/b14-13+. The zero-order valence-corrected chi connectivity index (χ0v) is 19.1. The lowest BCUT2D eigenvalue weighted by Gasteiger charge is -2.36. The van der Waals surface area contributed by atoms with Crippen molar-refractivity contribution in [3.05, 3.63) is 94.4 Å². The maximum absolute atomic E-state index is 12.7. The van der Waals surface area contributed by atoms with Crippen LogP contribution in [0.2, 0.25) is 0 Å². The normalized spacial score (nSPS) is 14.2. The quantitative estimate of drug-likeness (QED) is 0.569. The topological polar surface area (TPSA) is 49.3 Å². The van der Waals surface area contributed by atoms with Crippen molar-refractivity contribution in [1.29, 1.82) is 0 Å². The zero-order valence-electron chi connectivity index (χ0n) is 19.1. The van der Waals surface area contributed by atoms with Crippen molar-refractivity contribution in [2.24, 2.45) is 0 Å². The van der Waals surface area contributed by atoms with E-state index in [4.69, 9.17) is 4.98 Å². The molecule has 5 heteroatoms. The molecule has 0 N–H and O–H groups in total. The molecule has 0 unspecified atom stereocenters. The van der Waals surface area contributed by atoms with Crippen LogP contribution in [0.25, 0.3) is 6.08 Å². The molecule has 2 heterocycles. The molecule has 2 aromatic carbocycles. The van der Waals surface area contributed by atoms with E-state index < -0.39 is 0 Å². The third-order valence-electron chi connectivity index (χ3n) is 5.91. The molecule has 1 aromatic heterocycles. The van der Waals surface area contributed by atoms with Crippen LogP contribution in [0.3, 0.4) is 0 Å². The van der Waals surface area contributed by atoms with Crippen molar-refractivity contribution in [2.45, 2.75) is 27.2 Å². The second-order valence-corrected chi connectivity index (χ2v) is 8.38. The number of nitrogens with zero attached hydrogens (tertiary/aromatic N) is 4. The lowest BCUT2D eigenvalue weighted by Crippen LogP contribution is -2.49. The van der Waals surface area contributed by atoms with Crippen molar-refractivity contribution in [1.82, 2.24) is 14.9 Å². The molecule has 0 atom stereocenters. The van der Waals surface area contributed by atoms with E-state index in [1.54, 1.807) is 6.08 Å². The first kappa shape index (κ1) is 21.8. The molecule has 164 valence electrons. The number of benzene rings is 2. The molecule has 32 heavy (non-hydrogen) atoms. The highest BCUT2D eigenvalue weighted by Gasteiger charge is 2.24. The van der Waals surface area contributed by atoms with Gasteiger partial charge in [-0.2, -0.15) is 0 Å². The minimum Gasteiger partial charge on any atom is -0.353 e. The first-order valence-corrected chi connectivity index (χ1v) is 11.2. The number of carbonyl (C=O) groups excluding carboxylic acids is 1. The Morgan fingerprint density at radius 2 is 1.59 bits per heavy atom. The first-order chi connectivity index (χ1) is 15.5. The molecule has 3 aromatic rings. The van der Waals surface area contributed by atoms with Crippen LogP contribution >= 0.6 is 0 Å². The van der Waals surface area contributed by atoms with Crippen LogP contribution in [0.5, 0.6) is 0 Å². The number of amides is 1. The average Bonchev–Trinajstić information content (AvgIpc) is 2.81. The average molecular weight is 427 g/mol. The highest BCUT2D eigenvalue weighted by Crippen LogP contribution is 2.25. The second kappa shape index (κ2) is 9.77. The van der Waals surface area contributed by atoms with E-state index in [9.17, 15) is 4.79 Å². The van der Waals surface area contributed by atoms with Crippen LogP contribution < -0.4 is 4.90 Å². The van der Waals surface area contributed by atoms with Crippen LogP contribution in [0, 0.1) is 20.8 Å². The largest absolute Gasteiger partial charge is 0.353 e. The van der Waals surface area contributed by atoms with Crippen molar-refractivity contribution < 1.29 is 4.79 Å². The van der Waals surface area contributed by atoms with E-state index in [2.05, 4.69) is 48.0 Å². The fraction of sp³-hybridized carbons (Fsp3) is 0.296. The van der Waals surface area contributed by atoms with E-state index in [-0.39, 0.29) is 5.91 Å². The maximum Gasteiger partial charge on any atom is 0.246 e. The number of piperazine rings is 1. The van der Waals surface area contributed by atoms with Crippen LogP contribution in [0.15, 0.2) is 60.7 Å². The Kier molecular flexibility index (Phi) is 6.64. The summed E-state index contributed by atoms with van der Waals surface area (Å²) in [5.74, 6) is 1.85. The van der Waals surface area contributed by atoms with E-state index in [1.807, 2.05) is 48.2 Å². The minimum atomic E-state index is 0.0587. The van der Waals surface area contributed by atoms with Crippen molar-refractivity contribution in [2.75, 3.05) is 31.1 Å². The van der Waals surface area contributed by atoms with Gasteiger partial charge in [-0.25, -0.2) is 9.97 Å². The molecule has 5 nitrogen and oxygen atoms in total. The van der Waals surface area contributed by atoms with Gasteiger partial charge in [-0.15, -0.1) is 0 Å². The molecule has 1 aliphatic heterocycles. The fourth-order valence-corrected chi connectivity index (χ4v) is 4.07. The summed E-state index contributed by atoms with van der Waals surface area (Å²) in [4.78, 5) is 26.3. The number of hydrogen-bond donors (Lipinski definition) is 0. The minimum absolute atomic E-state index is 0.0587. The summed E-state index contributed by atoms with van der Waals surface area (Å²) in [7, 11) is 0. The Balaban J connectivity index is 1.46. The van der Waals surface area contributed by atoms with Gasteiger partial charge < -0.3 is 9.80 Å². The van der Waals surface area contributed by atoms with Gasteiger partial charge in [-0.1, -0.05) is 60.2 Å². The maximum atomic E-state index is 12.7. The first-order valence-electron chi connectivity index (χ1n) is 11.2. The van der Waals surface area contributed by atoms with E-state index in [1.165, 1.54) is 16.7 Å². The van der Waals surface area contributed by atoms with Crippen molar-refractivity contribution in [3.8, 4) is 0 Å². The van der Waals surface area contributed by atoms with Crippen LogP contribution in [-0.4, -0.2) is 47.0 Å². The van der Waals surface area contributed by atoms with E-state index in [0.29, 0.717) is 13.1 Å². The van der Waals surface area contributed by atoms with Crippen LogP contribution in [-0.2, 0) is 11.2 Å². The van der Waals surface area contributed by atoms with Gasteiger partial charge in [0.1, 0.15) is 11.6 Å². The van der Waals surface area contributed by atoms with Gasteiger partial charge >= 0.3 is 0 Å². The van der Waals surface area contributed by atoms with Crippen LogP contribution in [0.4, 0.5) is 5.82 Å². The predicted octanol–water partition coefficient (Wildman–Crippen LogP) is 4.35. The molecule has 1 amide bonds. The molecule has 1 fully saturated rings. The molecule has 4 rings (SSSR count). The Bertz CT molecular complexity index is 1100. The number of aryl methyl sites for hydroxylation is 3. The summed E-state index contributed by atoms with van der Waals surface area (Å²) >= 11 is 0. The smallest absolute Gasteiger partial charge is 0.246 e. The lowest BCUT2D eigenvalue weighted by molar-refractivity contribution is -0.126. The summed E-state index contributed by atoms with van der Waals surface area (Å²) < 4.78 is 0. The fourth-order valence-electron chi connectivity index (χ4n) is 4.07. The third-order valence-corrected chi connectivity index (χ3v) is 5.91.